The number of primary amides is 1. The minimum absolute atomic E-state index is 0.333. The summed E-state index contributed by atoms with van der Waals surface area (Å²) in [5.74, 6) is -0.333. The van der Waals surface area contributed by atoms with Crippen LogP contribution in [0, 0.1) is 0 Å². The van der Waals surface area contributed by atoms with E-state index in [9.17, 15) is 4.79 Å². The lowest BCUT2D eigenvalue weighted by molar-refractivity contribution is -0.115. The van der Waals surface area contributed by atoms with Gasteiger partial charge in [0, 0.05) is 13.5 Å². The fourth-order valence-corrected chi connectivity index (χ4v) is 0.572. The van der Waals surface area contributed by atoms with Gasteiger partial charge in [-0.25, -0.2) is 0 Å². The molecule has 0 aromatic carbocycles. The van der Waals surface area contributed by atoms with Gasteiger partial charge in [-0.15, -0.1) is 0 Å². The van der Waals surface area contributed by atoms with Crippen LogP contribution in [-0.2, 0) is 4.79 Å². The molecule has 1 aliphatic rings. The smallest absolute Gasteiger partial charge is 0.214 e. The molecule has 3 N–H and O–H groups in total. The van der Waals surface area contributed by atoms with Crippen LogP contribution in [0.25, 0.3) is 0 Å². The van der Waals surface area contributed by atoms with E-state index in [0.717, 1.165) is 6.54 Å². The van der Waals surface area contributed by atoms with Gasteiger partial charge >= 0.3 is 0 Å². The molecule has 0 fully saturated rings. The Hall–Kier alpha value is -0.990. The Labute approximate surface area is 61.3 Å². The summed E-state index contributed by atoms with van der Waals surface area (Å²) in [6, 6.07) is 0. The summed E-state index contributed by atoms with van der Waals surface area (Å²) < 4.78 is 0. The second-order valence-electron chi connectivity index (χ2n) is 2.11. The number of carbonyl (C=O) groups is 1. The molecule has 0 aromatic rings. The van der Waals surface area contributed by atoms with E-state index in [0.29, 0.717) is 0 Å². The van der Waals surface area contributed by atoms with E-state index in [1.807, 2.05) is 6.20 Å². The van der Waals surface area contributed by atoms with Gasteiger partial charge in [0.1, 0.15) is 0 Å². The van der Waals surface area contributed by atoms with Gasteiger partial charge in [0.25, 0.3) is 0 Å². The number of nitrogens with one attached hydrogen (secondary N) is 1. The zero-order chi connectivity index (χ0) is 7.82. The van der Waals surface area contributed by atoms with Crippen LogP contribution < -0.4 is 11.1 Å². The van der Waals surface area contributed by atoms with Crippen molar-refractivity contribution in [1.29, 1.82) is 0 Å². The summed E-state index contributed by atoms with van der Waals surface area (Å²) >= 11 is 0. The summed E-state index contributed by atoms with van der Waals surface area (Å²) in [5.41, 5.74) is 4.47. The van der Waals surface area contributed by atoms with Crippen molar-refractivity contribution < 1.29 is 4.79 Å². The number of allylic oxidation sites excluding steroid dienone is 1. The molecular formula is C7H14N2O. The third kappa shape index (κ3) is 10.1. The molecule has 1 heterocycles. The first kappa shape index (κ1) is 9.01. The maximum Gasteiger partial charge on any atom is 0.214 e. The van der Waals surface area contributed by atoms with E-state index in [1.54, 1.807) is 0 Å². The zero-order valence-corrected chi connectivity index (χ0v) is 6.26. The molecule has 10 heavy (non-hydrogen) atoms. The fraction of sp³-hybridized carbons (Fsp3) is 0.571. The van der Waals surface area contributed by atoms with Crippen molar-refractivity contribution in [2.24, 2.45) is 5.73 Å². The molecule has 0 saturated heterocycles. The van der Waals surface area contributed by atoms with E-state index in [4.69, 9.17) is 0 Å². The first-order chi connectivity index (χ1) is 4.73. The second-order valence-corrected chi connectivity index (χ2v) is 2.11. The van der Waals surface area contributed by atoms with Crippen LogP contribution in [0.3, 0.4) is 0 Å². The van der Waals surface area contributed by atoms with Gasteiger partial charge in [-0.05, 0) is 19.0 Å². The first-order valence-electron chi connectivity index (χ1n) is 3.38. The minimum Gasteiger partial charge on any atom is -0.391 e. The molecule has 1 aliphatic heterocycles. The standard InChI is InChI=1S/C5H9N.C2H5NO/c1-2-4-6-5-3-1;1-2(3)4/h2,4,6H,1,3,5H2;1H3,(H2,3,4). The molecule has 0 saturated carbocycles. The van der Waals surface area contributed by atoms with Crippen molar-refractivity contribution in [2.75, 3.05) is 6.54 Å². The van der Waals surface area contributed by atoms with Crippen molar-refractivity contribution in [2.45, 2.75) is 19.8 Å². The Kier molecular flexibility index (Phi) is 5.53. The van der Waals surface area contributed by atoms with Crippen LogP contribution in [0.4, 0.5) is 0 Å². The molecule has 1 rings (SSSR count). The van der Waals surface area contributed by atoms with E-state index < -0.39 is 0 Å². The molecule has 0 bridgehead atoms. The summed E-state index contributed by atoms with van der Waals surface area (Å²) in [7, 11) is 0. The Morgan fingerprint density at radius 1 is 1.70 bits per heavy atom. The molecule has 0 spiro atoms. The lowest BCUT2D eigenvalue weighted by Crippen LogP contribution is -2.09. The van der Waals surface area contributed by atoms with Crippen molar-refractivity contribution in [3.05, 3.63) is 12.3 Å². The highest BCUT2D eigenvalue weighted by Crippen LogP contribution is 1.91. The van der Waals surface area contributed by atoms with Gasteiger partial charge in [0.15, 0.2) is 0 Å². The molecule has 3 heteroatoms. The SMILES string of the molecule is C1=CNCCC1.CC(N)=O. The molecule has 0 atom stereocenters. The quantitative estimate of drug-likeness (QED) is 0.513. The van der Waals surface area contributed by atoms with Gasteiger partial charge in [0.2, 0.25) is 5.91 Å². The lowest BCUT2D eigenvalue weighted by atomic mass is 10.2. The van der Waals surface area contributed by atoms with Crippen LogP contribution >= 0.6 is 0 Å². The van der Waals surface area contributed by atoms with Gasteiger partial charge in [-0.2, -0.15) is 0 Å². The summed E-state index contributed by atoms with van der Waals surface area (Å²) in [4.78, 5) is 9.22. The van der Waals surface area contributed by atoms with Crippen molar-refractivity contribution >= 4 is 5.91 Å². The number of nitrogens with two attached hydrogens (primary N) is 1. The second kappa shape index (κ2) is 6.13. The number of carbonyl (C=O) groups excluding carboxylic acids is 1. The lowest BCUT2D eigenvalue weighted by Gasteiger charge is -2.02. The number of rotatable bonds is 0. The Morgan fingerprint density at radius 2 is 2.30 bits per heavy atom. The summed E-state index contributed by atoms with van der Waals surface area (Å²) in [6.07, 6.45) is 6.73. The third-order valence-corrected chi connectivity index (χ3v) is 0.928. The van der Waals surface area contributed by atoms with Gasteiger partial charge in [-0.1, -0.05) is 6.08 Å². The molecule has 58 valence electrons. The van der Waals surface area contributed by atoms with E-state index in [-0.39, 0.29) is 5.91 Å². The molecule has 0 aromatic heterocycles. The van der Waals surface area contributed by atoms with E-state index >= 15 is 0 Å². The van der Waals surface area contributed by atoms with E-state index in [2.05, 4.69) is 17.1 Å². The monoisotopic (exact) mass is 142 g/mol. The van der Waals surface area contributed by atoms with Crippen LogP contribution in [0.1, 0.15) is 19.8 Å². The van der Waals surface area contributed by atoms with Gasteiger partial charge in [-0.3, -0.25) is 4.79 Å². The molecule has 0 unspecified atom stereocenters. The summed E-state index contributed by atoms with van der Waals surface area (Å²) in [6.45, 7) is 2.47. The predicted molar refractivity (Wildman–Crippen MR) is 41.2 cm³/mol. The van der Waals surface area contributed by atoms with E-state index in [1.165, 1.54) is 19.8 Å². The molecule has 0 radical (unpaired) electrons. The molecule has 0 aliphatic carbocycles. The number of amides is 1. The Morgan fingerprint density at radius 3 is 2.40 bits per heavy atom. The Bertz CT molecular complexity index is 109. The average molecular weight is 142 g/mol. The molecule has 3 nitrogen and oxygen atoms in total. The Balaban J connectivity index is 0.000000180. The fourth-order valence-electron chi connectivity index (χ4n) is 0.572. The molecular weight excluding hydrogens is 128 g/mol. The van der Waals surface area contributed by atoms with Gasteiger partial charge < -0.3 is 11.1 Å². The maximum atomic E-state index is 9.22. The van der Waals surface area contributed by atoms with Crippen LogP contribution in [0.5, 0.6) is 0 Å². The van der Waals surface area contributed by atoms with Crippen molar-refractivity contribution in [1.82, 2.24) is 5.32 Å². The van der Waals surface area contributed by atoms with Crippen molar-refractivity contribution in [3.63, 3.8) is 0 Å². The highest BCUT2D eigenvalue weighted by molar-refractivity contribution is 5.70. The number of hydrogen-bond acceptors (Lipinski definition) is 2. The zero-order valence-electron chi connectivity index (χ0n) is 6.26. The van der Waals surface area contributed by atoms with Crippen LogP contribution in [0.15, 0.2) is 12.3 Å². The predicted octanol–water partition coefficient (Wildman–Crippen LogP) is 0.375. The topological polar surface area (TPSA) is 55.1 Å². The minimum atomic E-state index is -0.333. The highest BCUT2D eigenvalue weighted by atomic mass is 16.1. The maximum absolute atomic E-state index is 9.22. The third-order valence-electron chi connectivity index (χ3n) is 0.928. The first-order valence-corrected chi connectivity index (χ1v) is 3.38. The van der Waals surface area contributed by atoms with Crippen LogP contribution in [-0.4, -0.2) is 12.5 Å². The highest BCUT2D eigenvalue weighted by Gasteiger charge is 1.84. The van der Waals surface area contributed by atoms with Crippen molar-refractivity contribution in [3.8, 4) is 0 Å². The van der Waals surface area contributed by atoms with Crippen LogP contribution in [0.2, 0.25) is 0 Å². The van der Waals surface area contributed by atoms with Gasteiger partial charge in [0.05, 0.1) is 0 Å². The number of hydrogen-bond donors (Lipinski definition) is 2. The molecule has 1 amide bonds. The normalized spacial score (nSPS) is 14.5. The average Bonchev–Trinajstić information content (AvgIpc) is 1.90. The largest absolute Gasteiger partial charge is 0.391 e. The summed E-state index contributed by atoms with van der Waals surface area (Å²) in [5, 5.41) is 3.10.